The Balaban J connectivity index is 2.15. The van der Waals surface area contributed by atoms with E-state index in [-0.39, 0.29) is 0 Å². The van der Waals surface area contributed by atoms with E-state index in [4.69, 9.17) is 11.2 Å². The molecule has 15 heavy (non-hydrogen) atoms. The fraction of sp³-hybridized carbons (Fsp3) is 0.0833. The van der Waals surface area contributed by atoms with Crippen molar-refractivity contribution in [3.63, 3.8) is 0 Å². The van der Waals surface area contributed by atoms with E-state index in [9.17, 15) is 0 Å². The zero-order valence-corrected chi connectivity index (χ0v) is 8.10. The van der Waals surface area contributed by atoms with Crippen LogP contribution in [0.3, 0.4) is 0 Å². The highest BCUT2D eigenvalue weighted by Crippen LogP contribution is 2.18. The number of ether oxygens (including phenoxy) is 1. The molecule has 0 saturated heterocycles. The number of terminal acetylenes is 1. The van der Waals surface area contributed by atoms with E-state index in [0.717, 1.165) is 17.1 Å². The van der Waals surface area contributed by atoms with Gasteiger partial charge in [0, 0.05) is 18.0 Å². The summed E-state index contributed by atoms with van der Waals surface area (Å²) in [5.74, 6) is 4.03. The molecule has 1 N–H and O–H groups in total. The van der Waals surface area contributed by atoms with E-state index in [2.05, 4.69) is 15.9 Å². The number of hydrogen-bond acceptors (Lipinski definition) is 2. The zero-order chi connectivity index (χ0) is 10.5. The standard InChI is InChI=1S/C12H10N2O/c1-2-9-15-11-5-3-10(4-6-11)12-13-7-8-14-12/h1,3-8H,9H2,(H,13,14). The molecule has 0 aliphatic rings. The number of nitrogens with one attached hydrogen (secondary N) is 1. The molecule has 0 atom stereocenters. The normalized spacial score (nSPS) is 9.53. The van der Waals surface area contributed by atoms with Crippen LogP contribution in [0.15, 0.2) is 36.7 Å². The Morgan fingerprint density at radius 3 is 2.73 bits per heavy atom. The average molecular weight is 198 g/mol. The second-order valence-electron chi connectivity index (χ2n) is 2.95. The van der Waals surface area contributed by atoms with Crippen molar-refractivity contribution in [2.24, 2.45) is 0 Å². The van der Waals surface area contributed by atoms with Crippen molar-refractivity contribution < 1.29 is 4.74 Å². The molecule has 2 aromatic rings. The Kier molecular flexibility index (Phi) is 2.70. The van der Waals surface area contributed by atoms with Gasteiger partial charge in [-0.3, -0.25) is 0 Å². The van der Waals surface area contributed by atoms with E-state index >= 15 is 0 Å². The van der Waals surface area contributed by atoms with Crippen molar-refractivity contribution in [1.29, 1.82) is 0 Å². The molecule has 3 heteroatoms. The van der Waals surface area contributed by atoms with Gasteiger partial charge < -0.3 is 9.72 Å². The fourth-order valence-electron chi connectivity index (χ4n) is 1.26. The van der Waals surface area contributed by atoms with E-state index in [1.54, 1.807) is 12.4 Å². The van der Waals surface area contributed by atoms with E-state index in [1.807, 2.05) is 24.3 Å². The monoisotopic (exact) mass is 198 g/mol. The Labute approximate surface area is 88.1 Å². The molecule has 0 radical (unpaired) electrons. The third-order valence-corrected chi connectivity index (χ3v) is 1.95. The Bertz CT molecular complexity index is 451. The van der Waals surface area contributed by atoms with Gasteiger partial charge in [0.05, 0.1) is 0 Å². The molecule has 0 spiro atoms. The maximum absolute atomic E-state index is 5.26. The molecular weight excluding hydrogens is 188 g/mol. The van der Waals surface area contributed by atoms with Crippen molar-refractivity contribution in [3.05, 3.63) is 36.7 Å². The molecule has 1 aromatic carbocycles. The first-order valence-electron chi connectivity index (χ1n) is 4.56. The largest absolute Gasteiger partial charge is 0.481 e. The molecular formula is C12H10N2O. The summed E-state index contributed by atoms with van der Waals surface area (Å²) in [5, 5.41) is 0. The SMILES string of the molecule is C#CCOc1ccc(-c2ncc[nH]2)cc1. The number of aromatic nitrogens is 2. The molecule has 2 rings (SSSR count). The number of imidazole rings is 1. The number of benzene rings is 1. The van der Waals surface area contributed by atoms with Crippen LogP contribution >= 0.6 is 0 Å². The van der Waals surface area contributed by atoms with Gasteiger partial charge >= 0.3 is 0 Å². The minimum atomic E-state index is 0.292. The van der Waals surface area contributed by atoms with Crippen molar-refractivity contribution in [2.75, 3.05) is 6.61 Å². The smallest absolute Gasteiger partial charge is 0.148 e. The molecule has 0 unspecified atom stereocenters. The summed E-state index contributed by atoms with van der Waals surface area (Å²) in [6.45, 7) is 0.292. The van der Waals surface area contributed by atoms with Crippen LogP contribution in [0.25, 0.3) is 11.4 Å². The second kappa shape index (κ2) is 4.34. The first-order valence-corrected chi connectivity index (χ1v) is 4.56. The van der Waals surface area contributed by atoms with E-state index in [0.29, 0.717) is 6.61 Å². The van der Waals surface area contributed by atoms with Crippen molar-refractivity contribution in [1.82, 2.24) is 9.97 Å². The Morgan fingerprint density at radius 2 is 2.13 bits per heavy atom. The molecule has 0 amide bonds. The van der Waals surface area contributed by atoms with Gasteiger partial charge in [0.15, 0.2) is 0 Å². The topological polar surface area (TPSA) is 37.9 Å². The number of H-pyrrole nitrogens is 1. The fourth-order valence-corrected chi connectivity index (χ4v) is 1.26. The number of aromatic amines is 1. The van der Waals surface area contributed by atoms with Gasteiger partial charge in [-0.15, -0.1) is 6.42 Å². The third-order valence-electron chi connectivity index (χ3n) is 1.95. The lowest BCUT2D eigenvalue weighted by molar-refractivity contribution is 0.370. The highest BCUT2D eigenvalue weighted by Gasteiger charge is 1.99. The lowest BCUT2D eigenvalue weighted by Crippen LogP contribution is -1.92. The maximum Gasteiger partial charge on any atom is 0.148 e. The van der Waals surface area contributed by atoms with E-state index in [1.165, 1.54) is 0 Å². The summed E-state index contributed by atoms with van der Waals surface area (Å²) in [7, 11) is 0. The predicted octanol–water partition coefficient (Wildman–Crippen LogP) is 2.09. The highest BCUT2D eigenvalue weighted by molar-refractivity contribution is 5.55. The van der Waals surface area contributed by atoms with Gasteiger partial charge in [-0.2, -0.15) is 0 Å². The number of hydrogen-bond donors (Lipinski definition) is 1. The lowest BCUT2D eigenvalue weighted by Gasteiger charge is -2.02. The molecule has 1 heterocycles. The van der Waals surface area contributed by atoms with Crippen LogP contribution in [0.2, 0.25) is 0 Å². The predicted molar refractivity (Wildman–Crippen MR) is 58.4 cm³/mol. The lowest BCUT2D eigenvalue weighted by atomic mass is 10.2. The average Bonchev–Trinajstić information content (AvgIpc) is 2.80. The minimum Gasteiger partial charge on any atom is -0.481 e. The molecule has 3 nitrogen and oxygen atoms in total. The van der Waals surface area contributed by atoms with Crippen molar-refractivity contribution >= 4 is 0 Å². The summed E-state index contributed by atoms with van der Waals surface area (Å²) < 4.78 is 5.26. The van der Waals surface area contributed by atoms with Crippen LogP contribution in [0.1, 0.15) is 0 Å². The van der Waals surface area contributed by atoms with Crippen molar-refractivity contribution in [2.45, 2.75) is 0 Å². The summed E-state index contributed by atoms with van der Waals surface area (Å²) in [4.78, 5) is 7.18. The first-order chi connectivity index (χ1) is 7.40. The molecule has 0 fully saturated rings. The molecule has 1 aromatic heterocycles. The van der Waals surface area contributed by atoms with E-state index < -0.39 is 0 Å². The first kappa shape index (κ1) is 9.35. The zero-order valence-electron chi connectivity index (χ0n) is 8.10. The summed E-state index contributed by atoms with van der Waals surface area (Å²) >= 11 is 0. The van der Waals surface area contributed by atoms with Gasteiger partial charge in [-0.25, -0.2) is 4.98 Å². The van der Waals surface area contributed by atoms with Gasteiger partial charge in [0.2, 0.25) is 0 Å². The summed E-state index contributed by atoms with van der Waals surface area (Å²) in [6.07, 6.45) is 8.60. The van der Waals surface area contributed by atoms with Gasteiger partial charge in [-0.05, 0) is 24.3 Å². The van der Waals surface area contributed by atoms with Crippen LogP contribution < -0.4 is 4.74 Å². The van der Waals surface area contributed by atoms with Crippen LogP contribution in [0.4, 0.5) is 0 Å². The second-order valence-corrected chi connectivity index (χ2v) is 2.95. The maximum atomic E-state index is 5.26. The Morgan fingerprint density at radius 1 is 1.33 bits per heavy atom. The summed E-state index contributed by atoms with van der Waals surface area (Å²) in [5.41, 5.74) is 1.02. The third kappa shape index (κ3) is 2.18. The van der Waals surface area contributed by atoms with Gasteiger partial charge in [-0.1, -0.05) is 5.92 Å². The number of rotatable bonds is 3. The molecule has 0 aliphatic carbocycles. The van der Waals surface area contributed by atoms with Crippen LogP contribution in [-0.4, -0.2) is 16.6 Å². The van der Waals surface area contributed by atoms with Crippen LogP contribution in [0, 0.1) is 12.3 Å². The quantitative estimate of drug-likeness (QED) is 0.767. The molecule has 0 bridgehead atoms. The van der Waals surface area contributed by atoms with Crippen molar-refractivity contribution in [3.8, 4) is 29.5 Å². The van der Waals surface area contributed by atoms with Gasteiger partial charge in [0.1, 0.15) is 18.2 Å². The van der Waals surface area contributed by atoms with Crippen LogP contribution in [-0.2, 0) is 0 Å². The number of nitrogens with zero attached hydrogens (tertiary/aromatic N) is 1. The Hall–Kier alpha value is -2.21. The highest BCUT2D eigenvalue weighted by atomic mass is 16.5. The minimum absolute atomic E-state index is 0.292. The van der Waals surface area contributed by atoms with Crippen LogP contribution in [0.5, 0.6) is 5.75 Å². The molecule has 0 saturated carbocycles. The summed E-state index contributed by atoms with van der Waals surface area (Å²) in [6, 6.07) is 7.61. The van der Waals surface area contributed by atoms with Gasteiger partial charge in [0.25, 0.3) is 0 Å². The molecule has 74 valence electrons. The molecule has 0 aliphatic heterocycles.